The second-order valence-corrected chi connectivity index (χ2v) is 5.17. The van der Waals surface area contributed by atoms with Crippen LogP contribution < -0.4 is 5.32 Å². The fourth-order valence-corrected chi connectivity index (χ4v) is 2.30. The van der Waals surface area contributed by atoms with E-state index in [1.54, 1.807) is 6.20 Å². The maximum atomic E-state index is 5.85. The van der Waals surface area contributed by atoms with Crippen LogP contribution in [0, 0.1) is 5.92 Å². The molecular formula is C15H15ClN2. The first-order valence-electron chi connectivity index (χ1n) is 6.26. The topological polar surface area (TPSA) is 24.9 Å². The molecule has 0 amide bonds. The molecule has 1 aromatic heterocycles. The number of benzene rings is 1. The first kappa shape index (κ1) is 11.5. The molecular weight excluding hydrogens is 244 g/mol. The van der Waals surface area contributed by atoms with E-state index in [0.717, 1.165) is 11.7 Å². The third-order valence-electron chi connectivity index (χ3n) is 3.28. The molecule has 0 spiro atoms. The average Bonchev–Trinajstić information content (AvgIpc) is 3.23. The van der Waals surface area contributed by atoms with Gasteiger partial charge in [-0.25, -0.2) is 4.98 Å². The van der Waals surface area contributed by atoms with E-state index in [-0.39, 0.29) is 0 Å². The molecule has 1 N–H and O–H groups in total. The molecule has 1 saturated carbocycles. The number of nitrogens with one attached hydrogen (secondary N) is 1. The number of hydrogen-bond acceptors (Lipinski definition) is 2. The first-order chi connectivity index (χ1) is 8.83. The standard InChI is InChI=1S/C15H15ClN2/c16-13-8-9-14(17-10-13)18-15(12-6-7-12)11-4-2-1-3-5-11/h1-5,8-10,12,15H,6-7H2,(H,17,18). The maximum absolute atomic E-state index is 5.85. The summed E-state index contributed by atoms with van der Waals surface area (Å²) >= 11 is 5.85. The van der Waals surface area contributed by atoms with Crippen molar-refractivity contribution in [2.24, 2.45) is 5.92 Å². The summed E-state index contributed by atoms with van der Waals surface area (Å²) in [4.78, 5) is 4.31. The van der Waals surface area contributed by atoms with Crippen molar-refractivity contribution in [1.29, 1.82) is 0 Å². The number of nitrogens with zero attached hydrogens (tertiary/aromatic N) is 1. The lowest BCUT2D eigenvalue weighted by Gasteiger charge is -2.19. The normalized spacial score (nSPS) is 16.3. The van der Waals surface area contributed by atoms with Crippen LogP contribution >= 0.6 is 11.6 Å². The van der Waals surface area contributed by atoms with Crippen LogP contribution in [-0.2, 0) is 0 Å². The van der Waals surface area contributed by atoms with E-state index in [2.05, 4.69) is 34.6 Å². The van der Waals surface area contributed by atoms with E-state index in [4.69, 9.17) is 11.6 Å². The smallest absolute Gasteiger partial charge is 0.126 e. The quantitative estimate of drug-likeness (QED) is 0.885. The van der Waals surface area contributed by atoms with Crippen LogP contribution in [0.15, 0.2) is 48.7 Å². The zero-order chi connectivity index (χ0) is 12.4. The molecule has 1 aromatic carbocycles. The van der Waals surface area contributed by atoms with Gasteiger partial charge in [-0.3, -0.25) is 0 Å². The number of pyridine rings is 1. The van der Waals surface area contributed by atoms with Gasteiger partial charge in [-0.15, -0.1) is 0 Å². The molecule has 1 unspecified atom stereocenters. The SMILES string of the molecule is Clc1ccc(NC(c2ccccc2)C2CC2)nc1. The van der Waals surface area contributed by atoms with Crippen LogP contribution in [-0.4, -0.2) is 4.98 Å². The Balaban J connectivity index is 1.81. The highest BCUT2D eigenvalue weighted by atomic mass is 35.5. The van der Waals surface area contributed by atoms with Crippen molar-refractivity contribution in [3.8, 4) is 0 Å². The van der Waals surface area contributed by atoms with E-state index >= 15 is 0 Å². The number of rotatable bonds is 4. The Labute approximate surface area is 112 Å². The lowest BCUT2D eigenvalue weighted by molar-refractivity contribution is 0.675. The van der Waals surface area contributed by atoms with Gasteiger partial charge in [0.05, 0.1) is 11.1 Å². The highest BCUT2D eigenvalue weighted by Gasteiger charge is 2.32. The molecule has 1 aliphatic carbocycles. The Hall–Kier alpha value is -1.54. The van der Waals surface area contributed by atoms with Gasteiger partial charge < -0.3 is 5.32 Å². The van der Waals surface area contributed by atoms with Crippen molar-refractivity contribution >= 4 is 17.4 Å². The fourth-order valence-electron chi connectivity index (χ4n) is 2.18. The molecule has 1 heterocycles. The Bertz CT molecular complexity index is 506. The second kappa shape index (κ2) is 4.99. The molecule has 0 saturated heterocycles. The van der Waals surface area contributed by atoms with Crippen molar-refractivity contribution in [3.63, 3.8) is 0 Å². The third-order valence-corrected chi connectivity index (χ3v) is 3.51. The van der Waals surface area contributed by atoms with Crippen LogP contribution in [0.25, 0.3) is 0 Å². The molecule has 0 aliphatic heterocycles. The van der Waals surface area contributed by atoms with Crippen LogP contribution in [0.3, 0.4) is 0 Å². The summed E-state index contributed by atoms with van der Waals surface area (Å²) in [7, 11) is 0. The summed E-state index contributed by atoms with van der Waals surface area (Å²) in [5, 5.41) is 4.18. The number of halogens is 1. The van der Waals surface area contributed by atoms with Gasteiger partial charge in [-0.1, -0.05) is 41.9 Å². The van der Waals surface area contributed by atoms with Crippen molar-refractivity contribution < 1.29 is 0 Å². The molecule has 92 valence electrons. The summed E-state index contributed by atoms with van der Waals surface area (Å²) in [5.74, 6) is 1.62. The maximum Gasteiger partial charge on any atom is 0.126 e. The predicted molar refractivity (Wildman–Crippen MR) is 74.8 cm³/mol. The Kier molecular flexibility index (Phi) is 3.20. The first-order valence-corrected chi connectivity index (χ1v) is 6.64. The molecule has 2 aromatic rings. The summed E-state index contributed by atoms with van der Waals surface area (Å²) in [6, 6.07) is 14.7. The van der Waals surface area contributed by atoms with E-state index in [9.17, 15) is 0 Å². The molecule has 1 atom stereocenters. The largest absolute Gasteiger partial charge is 0.363 e. The summed E-state index contributed by atoms with van der Waals surface area (Å²) < 4.78 is 0. The van der Waals surface area contributed by atoms with Crippen molar-refractivity contribution in [1.82, 2.24) is 4.98 Å². The van der Waals surface area contributed by atoms with Gasteiger partial charge in [0.2, 0.25) is 0 Å². The Morgan fingerprint density at radius 1 is 1.11 bits per heavy atom. The monoisotopic (exact) mass is 258 g/mol. The van der Waals surface area contributed by atoms with Gasteiger partial charge in [-0.05, 0) is 36.5 Å². The average molecular weight is 259 g/mol. The minimum atomic E-state index is 0.361. The van der Waals surface area contributed by atoms with Crippen LogP contribution in [0.2, 0.25) is 5.02 Å². The Morgan fingerprint density at radius 2 is 1.89 bits per heavy atom. The number of anilines is 1. The van der Waals surface area contributed by atoms with Crippen molar-refractivity contribution in [3.05, 3.63) is 59.2 Å². The van der Waals surface area contributed by atoms with Gasteiger partial charge >= 0.3 is 0 Å². The lowest BCUT2D eigenvalue weighted by atomic mass is 10.0. The van der Waals surface area contributed by atoms with Gasteiger partial charge in [0.1, 0.15) is 5.82 Å². The molecule has 0 bridgehead atoms. The van der Waals surface area contributed by atoms with Crippen molar-refractivity contribution in [2.45, 2.75) is 18.9 Å². The highest BCUT2D eigenvalue weighted by Crippen LogP contribution is 2.42. The minimum Gasteiger partial charge on any atom is -0.363 e. The minimum absolute atomic E-state index is 0.361. The van der Waals surface area contributed by atoms with E-state index < -0.39 is 0 Å². The summed E-state index contributed by atoms with van der Waals surface area (Å²) in [6.07, 6.45) is 4.26. The number of aromatic nitrogens is 1. The van der Waals surface area contributed by atoms with E-state index in [1.165, 1.54) is 18.4 Å². The van der Waals surface area contributed by atoms with Gasteiger partial charge in [-0.2, -0.15) is 0 Å². The molecule has 2 nitrogen and oxygen atoms in total. The third kappa shape index (κ3) is 2.65. The molecule has 1 fully saturated rings. The van der Waals surface area contributed by atoms with Gasteiger partial charge in [0, 0.05) is 6.20 Å². The van der Waals surface area contributed by atoms with Crippen LogP contribution in [0.4, 0.5) is 5.82 Å². The van der Waals surface area contributed by atoms with Crippen molar-refractivity contribution in [2.75, 3.05) is 5.32 Å². The molecule has 1 aliphatic rings. The highest BCUT2D eigenvalue weighted by molar-refractivity contribution is 6.30. The second-order valence-electron chi connectivity index (χ2n) is 4.73. The molecule has 3 heteroatoms. The lowest BCUT2D eigenvalue weighted by Crippen LogP contribution is -2.13. The molecule has 3 rings (SSSR count). The zero-order valence-electron chi connectivity index (χ0n) is 10.0. The van der Waals surface area contributed by atoms with Crippen LogP contribution in [0.5, 0.6) is 0 Å². The fraction of sp³-hybridized carbons (Fsp3) is 0.267. The van der Waals surface area contributed by atoms with Gasteiger partial charge in [0.15, 0.2) is 0 Å². The Morgan fingerprint density at radius 3 is 2.50 bits per heavy atom. The summed E-state index contributed by atoms with van der Waals surface area (Å²) in [6.45, 7) is 0. The van der Waals surface area contributed by atoms with E-state index in [0.29, 0.717) is 11.1 Å². The predicted octanol–water partition coefficient (Wildman–Crippen LogP) is 4.30. The molecule has 18 heavy (non-hydrogen) atoms. The summed E-state index contributed by atoms with van der Waals surface area (Å²) in [5.41, 5.74) is 1.33. The van der Waals surface area contributed by atoms with E-state index in [1.807, 2.05) is 18.2 Å². The van der Waals surface area contributed by atoms with Gasteiger partial charge in [0.25, 0.3) is 0 Å². The zero-order valence-corrected chi connectivity index (χ0v) is 10.8. The number of hydrogen-bond donors (Lipinski definition) is 1. The van der Waals surface area contributed by atoms with Crippen LogP contribution in [0.1, 0.15) is 24.4 Å². The molecule has 0 radical (unpaired) electrons.